The van der Waals surface area contributed by atoms with E-state index in [0.717, 1.165) is 78.6 Å². The first-order valence-corrected chi connectivity index (χ1v) is 15.7. The Bertz CT molecular complexity index is 1440. The quantitative estimate of drug-likeness (QED) is 0.497. The molecule has 2 N–H and O–H groups in total. The Labute approximate surface area is 252 Å². The molecule has 1 aromatic carbocycles. The molecule has 5 bridgehead atoms. The number of rotatable bonds is 2. The van der Waals surface area contributed by atoms with E-state index in [-0.39, 0.29) is 19.1 Å². The highest BCUT2D eigenvalue weighted by atomic mass is 16.6. The molecule has 6 rings (SSSR count). The highest BCUT2D eigenvalue weighted by molar-refractivity contribution is 5.91. The van der Waals surface area contributed by atoms with E-state index in [2.05, 4.69) is 5.32 Å². The number of aromatic nitrogens is 1. The molecule has 2 aromatic rings. The summed E-state index contributed by atoms with van der Waals surface area (Å²) < 4.78 is 18.2. The molecule has 1 unspecified atom stereocenters. The molecule has 1 aliphatic carbocycles. The molecule has 1 saturated carbocycles. The number of pyridine rings is 1. The highest BCUT2D eigenvalue weighted by Gasteiger charge is 2.54. The van der Waals surface area contributed by atoms with Gasteiger partial charge in [-0.05, 0) is 74.5 Å². The van der Waals surface area contributed by atoms with E-state index in [1.807, 2.05) is 39.0 Å². The number of hydrogen-bond donors (Lipinski definition) is 2. The number of amides is 2. The molecule has 4 heterocycles. The zero-order valence-corrected chi connectivity index (χ0v) is 25.6. The standard InChI is InChI=1S/C33H43N3O7/c1-32(2,3)28-29(37)36-18-33(17-26(36)30(38)39)14-13-22-23-16-20(41-4)11-12-24(23)34-25(27(22)43-33)8-6-5-7-19-9-10-21(15-19)42-31(40)35-28/h11-12,16,19,21,26,28H,5-10,13-15,17-18H2,1-4H3,(H,35,40)(H,38,39)/t19?,21-,26+,28-,33-/m1/s1. The van der Waals surface area contributed by atoms with Gasteiger partial charge in [0.1, 0.15) is 35.3 Å². The van der Waals surface area contributed by atoms with Crippen LogP contribution in [-0.2, 0) is 27.2 Å². The fraction of sp³-hybridized carbons (Fsp3) is 0.636. The van der Waals surface area contributed by atoms with Gasteiger partial charge >= 0.3 is 12.1 Å². The lowest BCUT2D eigenvalue weighted by Crippen LogP contribution is -2.57. The first kappa shape index (κ1) is 29.5. The summed E-state index contributed by atoms with van der Waals surface area (Å²) in [6, 6.07) is 3.85. The summed E-state index contributed by atoms with van der Waals surface area (Å²) in [5, 5.41) is 14.1. The molecular formula is C33H43N3O7. The summed E-state index contributed by atoms with van der Waals surface area (Å²) in [5.41, 5.74) is 1.29. The van der Waals surface area contributed by atoms with Crippen LogP contribution in [0, 0.1) is 11.3 Å². The van der Waals surface area contributed by atoms with Crippen molar-refractivity contribution in [3.8, 4) is 11.5 Å². The maximum absolute atomic E-state index is 14.1. The number of methoxy groups -OCH3 is 1. The van der Waals surface area contributed by atoms with Crippen molar-refractivity contribution >= 4 is 28.9 Å². The monoisotopic (exact) mass is 593 g/mol. The fourth-order valence-electron chi connectivity index (χ4n) is 7.53. The third-order valence-corrected chi connectivity index (χ3v) is 9.86. The Morgan fingerprint density at radius 2 is 1.98 bits per heavy atom. The summed E-state index contributed by atoms with van der Waals surface area (Å²) in [4.78, 5) is 46.2. The van der Waals surface area contributed by atoms with Crippen LogP contribution in [0.15, 0.2) is 18.2 Å². The first-order chi connectivity index (χ1) is 20.5. The summed E-state index contributed by atoms with van der Waals surface area (Å²) in [7, 11) is 1.64. The maximum atomic E-state index is 14.1. The Balaban J connectivity index is 1.41. The van der Waals surface area contributed by atoms with Gasteiger partial charge in [0.2, 0.25) is 5.91 Å². The molecular weight excluding hydrogens is 550 g/mol. The van der Waals surface area contributed by atoms with Crippen LogP contribution < -0.4 is 14.8 Å². The molecule has 0 radical (unpaired) electrons. The number of fused-ring (bicyclic) bond motifs is 5. The van der Waals surface area contributed by atoms with Gasteiger partial charge in [0, 0.05) is 17.4 Å². The number of nitrogens with zero attached hydrogens (tertiary/aromatic N) is 2. The topological polar surface area (TPSA) is 127 Å². The van der Waals surface area contributed by atoms with Crippen molar-refractivity contribution in [1.82, 2.24) is 15.2 Å². The minimum Gasteiger partial charge on any atom is -0.497 e. The fourth-order valence-corrected chi connectivity index (χ4v) is 7.53. The predicted molar refractivity (Wildman–Crippen MR) is 159 cm³/mol. The molecule has 10 nitrogen and oxygen atoms in total. The smallest absolute Gasteiger partial charge is 0.408 e. The number of carboxylic acid groups (broad SMARTS) is 1. The van der Waals surface area contributed by atoms with Crippen LogP contribution in [0.2, 0.25) is 0 Å². The van der Waals surface area contributed by atoms with Crippen molar-refractivity contribution in [2.24, 2.45) is 11.3 Å². The van der Waals surface area contributed by atoms with Gasteiger partial charge in [-0.2, -0.15) is 0 Å². The Hall–Kier alpha value is -3.56. The molecule has 1 saturated heterocycles. The number of alkyl carbamates (subject to hydrolysis) is 1. The highest BCUT2D eigenvalue weighted by Crippen LogP contribution is 2.46. The van der Waals surface area contributed by atoms with Crippen LogP contribution in [0.25, 0.3) is 10.9 Å². The lowest BCUT2D eigenvalue weighted by molar-refractivity contribution is -0.150. The van der Waals surface area contributed by atoms with Gasteiger partial charge in [0.25, 0.3) is 0 Å². The molecule has 2 fully saturated rings. The van der Waals surface area contributed by atoms with E-state index in [9.17, 15) is 19.5 Å². The van der Waals surface area contributed by atoms with E-state index < -0.39 is 41.1 Å². The number of hydrogen-bond acceptors (Lipinski definition) is 7. The first-order valence-electron chi connectivity index (χ1n) is 15.7. The second kappa shape index (κ2) is 11.2. The molecule has 4 aliphatic rings. The Kier molecular flexibility index (Phi) is 7.67. The Morgan fingerprint density at radius 3 is 2.72 bits per heavy atom. The van der Waals surface area contributed by atoms with E-state index in [1.54, 1.807) is 7.11 Å². The van der Waals surface area contributed by atoms with Crippen molar-refractivity contribution in [2.75, 3.05) is 13.7 Å². The average molecular weight is 594 g/mol. The van der Waals surface area contributed by atoms with Crippen molar-refractivity contribution in [1.29, 1.82) is 0 Å². The summed E-state index contributed by atoms with van der Waals surface area (Å²) in [5.74, 6) is 0.431. The Morgan fingerprint density at radius 1 is 1.16 bits per heavy atom. The van der Waals surface area contributed by atoms with Gasteiger partial charge in [-0.1, -0.05) is 33.6 Å². The van der Waals surface area contributed by atoms with Gasteiger partial charge in [0.05, 0.1) is 24.9 Å². The number of aryl methyl sites for hydroxylation is 2. The van der Waals surface area contributed by atoms with Crippen LogP contribution in [0.3, 0.4) is 0 Å². The molecule has 1 spiro atoms. The van der Waals surface area contributed by atoms with Crippen LogP contribution in [0.5, 0.6) is 11.5 Å². The number of carbonyl (C=O) groups excluding carboxylic acids is 2. The second-order valence-corrected chi connectivity index (χ2v) is 14.0. The molecule has 2 amide bonds. The third-order valence-electron chi connectivity index (χ3n) is 9.86. The van der Waals surface area contributed by atoms with Gasteiger partial charge in [0.15, 0.2) is 0 Å². The molecule has 3 aliphatic heterocycles. The number of nitrogens with one attached hydrogen (secondary N) is 1. The van der Waals surface area contributed by atoms with Gasteiger partial charge < -0.3 is 29.5 Å². The minimum absolute atomic E-state index is 0.117. The zero-order chi connectivity index (χ0) is 30.5. The summed E-state index contributed by atoms with van der Waals surface area (Å²) in [6.45, 7) is 5.70. The van der Waals surface area contributed by atoms with Crippen molar-refractivity contribution < 1.29 is 33.7 Å². The molecule has 10 heteroatoms. The third kappa shape index (κ3) is 5.72. The molecule has 5 atom stereocenters. The number of aliphatic carboxylic acids is 1. The lowest BCUT2D eigenvalue weighted by Gasteiger charge is -2.38. The van der Waals surface area contributed by atoms with E-state index in [1.165, 1.54) is 4.90 Å². The second-order valence-electron chi connectivity index (χ2n) is 14.0. The van der Waals surface area contributed by atoms with Crippen LogP contribution in [-0.4, -0.2) is 70.4 Å². The van der Waals surface area contributed by atoms with E-state index >= 15 is 0 Å². The van der Waals surface area contributed by atoms with Gasteiger partial charge in [-0.15, -0.1) is 0 Å². The molecule has 43 heavy (non-hydrogen) atoms. The maximum Gasteiger partial charge on any atom is 0.408 e. The van der Waals surface area contributed by atoms with Gasteiger partial charge in [-0.3, -0.25) is 4.79 Å². The lowest BCUT2D eigenvalue weighted by atomic mass is 9.85. The van der Waals surface area contributed by atoms with Crippen LogP contribution in [0.1, 0.15) is 83.4 Å². The number of carboxylic acids is 1. The van der Waals surface area contributed by atoms with E-state index in [4.69, 9.17) is 19.2 Å². The van der Waals surface area contributed by atoms with Crippen molar-refractivity contribution in [3.05, 3.63) is 29.5 Å². The molecule has 1 aromatic heterocycles. The summed E-state index contributed by atoms with van der Waals surface area (Å²) in [6.07, 6.45) is 6.96. The van der Waals surface area contributed by atoms with Gasteiger partial charge in [-0.25, -0.2) is 14.6 Å². The largest absolute Gasteiger partial charge is 0.497 e. The SMILES string of the molecule is COc1ccc2nc3c4c(c2c1)CC[C@]1(C[C@@H](C(=O)O)N(C1)C(=O)[C@H](C(C)(C)C)NC(=O)O[C@@H]1CCC(CCCC3)C1)O4. The van der Waals surface area contributed by atoms with Crippen LogP contribution in [0.4, 0.5) is 4.79 Å². The van der Waals surface area contributed by atoms with Crippen molar-refractivity contribution in [3.63, 3.8) is 0 Å². The number of carbonyl (C=O) groups is 3. The summed E-state index contributed by atoms with van der Waals surface area (Å²) >= 11 is 0. The molecule has 232 valence electrons. The number of benzene rings is 1. The average Bonchev–Trinajstić information content (AvgIpc) is 3.57. The zero-order valence-electron chi connectivity index (χ0n) is 25.6. The minimum atomic E-state index is -1.08. The van der Waals surface area contributed by atoms with E-state index in [0.29, 0.717) is 18.8 Å². The normalized spacial score (nSPS) is 29.7. The predicted octanol–water partition coefficient (Wildman–Crippen LogP) is 5.03. The number of ether oxygens (including phenoxy) is 3. The van der Waals surface area contributed by atoms with Crippen LogP contribution >= 0.6 is 0 Å². The van der Waals surface area contributed by atoms with Crippen molar-refractivity contribution in [2.45, 2.75) is 109 Å².